The van der Waals surface area contributed by atoms with Crippen LogP contribution in [0, 0.1) is 0 Å². The molecule has 0 fully saturated rings. The van der Waals surface area contributed by atoms with Crippen LogP contribution in [0.5, 0.6) is 0 Å². The number of rotatable bonds is 0. The Morgan fingerprint density at radius 1 is 0.857 bits per heavy atom. The molecule has 14 heavy (non-hydrogen) atoms. The first-order chi connectivity index (χ1) is 6.79. The number of hydrogen-bond acceptors (Lipinski definition) is 0. The van der Waals surface area contributed by atoms with Crippen molar-refractivity contribution in [3.8, 4) is 0 Å². The maximum Gasteiger partial charge on any atom is -0.00990 e. The van der Waals surface area contributed by atoms with Crippen LogP contribution in [-0.4, -0.2) is 0 Å². The third-order valence-electron chi connectivity index (χ3n) is 2.96. The summed E-state index contributed by atoms with van der Waals surface area (Å²) in [6, 6.07) is 8.65. The molecule has 0 nitrogen and oxygen atoms in total. The zero-order valence-electron chi connectivity index (χ0n) is 8.46. The van der Waals surface area contributed by atoms with Crippen molar-refractivity contribution >= 4 is 11.1 Å². The van der Waals surface area contributed by atoms with Gasteiger partial charge in [0.15, 0.2) is 0 Å². The van der Waals surface area contributed by atoms with Gasteiger partial charge in [0.2, 0.25) is 0 Å². The molecule has 0 aliphatic heterocycles. The van der Waals surface area contributed by atoms with Crippen LogP contribution in [-0.2, 0) is 0 Å². The Hall–Kier alpha value is -1.56. The number of fused-ring (bicyclic) bond motifs is 5. The summed E-state index contributed by atoms with van der Waals surface area (Å²) in [5, 5.41) is 0. The number of benzene rings is 1. The summed E-state index contributed by atoms with van der Waals surface area (Å²) in [6.45, 7) is 4.38. The number of allylic oxidation sites excluding steroid dienone is 6. The van der Waals surface area contributed by atoms with Gasteiger partial charge in [0.25, 0.3) is 0 Å². The fourth-order valence-corrected chi connectivity index (χ4v) is 2.42. The fourth-order valence-electron chi connectivity index (χ4n) is 2.42. The highest BCUT2D eigenvalue weighted by Gasteiger charge is 2.29. The van der Waals surface area contributed by atoms with Crippen molar-refractivity contribution in [1.82, 2.24) is 0 Å². The highest BCUT2D eigenvalue weighted by molar-refractivity contribution is 6.13. The van der Waals surface area contributed by atoms with E-state index in [-0.39, 0.29) is 0 Å². The smallest absolute Gasteiger partial charge is 0.00990 e. The second-order valence-corrected chi connectivity index (χ2v) is 4.08. The van der Waals surface area contributed by atoms with E-state index in [1.54, 1.807) is 0 Å². The molecule has 0 atom stereocenters. The first kappa shape index (κ1) is 7.81. The minimum Gasteiger partial charge on any atom is -0.0679 e. The van der Waals surface area contributed by atoms with Gasteiger partial charge in [-0.15, -0.1) is 0 Å². The summed E-state index contributed by atoms with van der Waals surface area (Å²) < 4.78 is 0. The zero-order chi connectivity index (χ0) is 9.71. The molecule has 0 unspecified atom stereocenters. The Morgan fingerprint density at radius 3 is 1.79 bits per heavy atom. The van der Waals surface area contributed by atoms with Gasteiger partial charge in [-0.3, -0.25) is 0 Å². The standard InChI is InChI=1S/C14H12/c1-9(2)14-12-7-8-13(14)11-6-4-3-5-10(11)12/h3-8H,1-2H3. The molecular weight excluding hydrogens is 168 g/mol. The lowest BCUT2D eigenvalue weighted by molar-refractivity contribution is 1.37. The van der Waals surface area contributed by atoms with Gasteiger partial charge >= 0.3 is 0 Å². The summed E-state index contributed by atoms with van der Waals surface area (Å²) in [6.07, 6.45) is 4.47. The fraction of sp³-hybridized carbons (Fsp3) is 0.143. The molecule has 0 heteroatoms. The van der Waals surface area contributed by atoms with Crippen molar-refractivity contribution in [2.75, 3.05) is 0 Å². The van der Waals surface area contributed by atoms with E-state index in [0.29, 0.717) is 0 Å². The average Bonchev–Trinajstić information content (AvgIpc) is 2.73. The molecule has 3 rings (SSSR count). The lowest BCUT2D eigenvalue weighted by atomic mass is 10.0. The molecule has 0 amide bonds. The van der Waals surface area contributed by atoms with E-state index in [1.165, 1.54) is 33.4 Å². The van der Waals surface area contributed by atoms with E-state index in [2.05, 4.69) is 50.3 Å². The van der Waals surface area contributed by atoms with Crippen LogP contribution in [0.2, 0.25) is 0 Å². The Kier molecular flexibility index (Phi) is 1.38. The SMILES string of the molecule is CC(C)=C1C2=CC=C1c1ccccc12. The van der Waals surface area contributed by atoms with Gasteiger partial charge in [-0.1, -0.05) is 42.0 Å². The Labute approximate surface area is 84.3 Å². The van der Waals surface area contributed by atoms with Crippen LogP contribution < -0.4 is 0 Å². The molecule has 0 radical (unpaired) electrons. The molecule has 0 N–H and O–H groups in total. The van der Waals surface area contributed by atoms with Crippen molar-refractivity contribution in [2.45, 2.75) is 13.8 Å². The van der Waals surface area contributed by atoms with Crippen LogP contribution in [0.1, 0.15) is 25.0 Å². The molecule has 0 saturated heterocycles. The second kappa shape index (κ2) is 2.48. The van der Waals surface area contributed by atoms with Crippen LogP contribution in [0.25, 0.3) is 11.1 Å². The molecule has 0 saturated carbocycles. The van der Waals surface area contributed by atoms with Gasteiger partial charge in [-0.05, 0) is 41.7 Å². The van der Waals surface area contributed by atoms with Crippen LogP contribution in [0.15, 0.2) is 47.6 Å². The first-order valence-electron chi connectivity index (χ1n) is 4.99. The third kappa shape index (κ3) is 0.784. The van der Waals surface area contributed by atoms with E-state index >= 15 is 0 Å². The highest BCUT2D eigenvalue weighted by atomic mass is 14.3. The Morgan fingerprint density at radius 2 is 1.36 bits per heavy atom. The van der Waals surface area contributed by atoms with Crippen LogP contribution in [0.4, 0.5) is 0 Å². The van der Waals surface area contributed by atoms with Crippen molar-refractivity contribution in [3.63, 3.8) is 0 Å². The second-order valence-electron chi connectivity index (χ2n) is 4.08. The summed E-state index contributed by atoms with van der Waals surface area (Å²) in [5.41, 5.74) is 8.50. The summed E-state index contributed by atoms with van der Waals surface area (Å²) >= 11 is 0. The maximum absolute atomic E-state index is 2.24. The van der Waals surface area contributed by atoms with E-state index in [0.717, 1.165) is 0 Å². The lowest BCUT2D eigenvalue weighted by Gasteiger charge is -2.00. The minimum absolute atomic E-state index is 1.40. The summed E-state index contributed by atoms with van der Waals surface area (Å²) in [7, 11) is 0. The predicted octanol–water partition coefficient (Wildman–Crippen LogP) is 3.82. The van der Waals surface area contributed by atoms with Gasteiger partial charge < -0.3 is 0 Å². The van der Waals surface area contributed by atoms with Gasteiger partial charge in [0, 0.05) is 0 Å². The normalized spacial score (nSPS) is 16.6. The summed E-state index contributed by atoms with van der Waals surface area (Å²) in [4.78, 5) is 0. The topological polar surface area (TPSA) is 0 Å². The van der Waals surface area contributed by atoms with E-state index < -0.39 is 0 Å². The third-order valence-corrected chi connectivity index (χ3v) is 2.96. The molecule has 1 aromatic rings. The van der Waals surface area contributed by atoms with Gasteiger partial charge in [0.1, 0.15) is 0 Å². The van der Waals surface area contributed by atoms with Crippen molar-refractivity contribution in [3.05, 3.63) is 58.7 Å². The largest absolute Gasteiger partial charge is 0.0679 e. The van der Waals surface area contributed by atoms with E-state index in [4.69, 9.17) is 0 Å². The van der Waals surface area contributed by atoms with Gasteiger partial charge in [-0.25, -0.2) is 0 Å². The lowest BCUT2D eigenvalue weighted by Crippen LogP contribution is -1.81. The molecule has 1 aromatic carbocycles. The quantitative estimate of drug-likeness (QED) is 0.569. The van der Waals surface area contributed by atoms with E-state index in [1.807, 2.05) is 0 Å². The van der Waals surface area contributed by atoms with Crippen molar-refractivity contribution in [2.24, 2.45) is 0 Å². The minimum atomic E-state index is 1.40. The molecule has 0 heterocycles. The Bertz CT molecular complexity index is 466. The first-order valence-corrected chi connectivity index (χ1v) is 4.99. The van der Waals surface area contributed by atoms with Crippen molar-refractivity contribution < 1.29 is 0 Å². The molecule has 2 aliphatic carbocycles. The molecular formula is C14H12. The number of hydrogen-bond donors (Lipinski definition) is 0. The maximum atomic E-state index is 2.24. The van der Waals surface area contributed by atoms with Crippen LogP contribution >= 0.6 is 0 Å². The highest BCUT2D eigenvalue weighted by Crippen LogP contribution is 2.49. The molecule has 2 aliphatic rings. The predicted molar refractivity (Wildman–Crippen MR) is 60.8 cm³/mol. The monoisotopic (exact) mass is 180 g/mol. The Balaban J connectivity index is 2.36. The molecule has 2 bridgehead atoms. The van der Waals surface area contributed by atoms with Gasteiger partial charge in [-0.2, -0.15) is 0 Å². The van der Waals surface area contributed by atoms with Gasteiger partial charge in [0.05, 0.1) is 0 Å². The molecule has 68 valence electrons. The van der Waals surface area contributed by atoms with Crippen molar-refractivity contribution in [1.29, 1.82) is 0 Å². The molecule has 0 spiro atoms. The summed E-state index contributed by atoms with van der Waals surface area (Å²) in [5.74, 6) is 0. The average molecular weight is 180 g/mol. The molecule has 0 aromatic heterocycles. The van der Waals surface area contributed by atoms with Crippen LogP contribution in [0.3, 0.4) is 0 Å². The zero-order valence-corrected chi connectivity index (χ0v) is 8.46. The van der Waals surface area contributed by atoms with E-state index in [9.17, 15) is 0 Å².